The van der Waals surface area contributed by atoms with Gasteiger partial charge in [-0.25, -0.2) is 0 Å². The molecule has 0 radical (unpaired) electrons. The smallest absolute Gasteiger partial charge is 0.0770 e. The van der Waals surface area contributed by atoms with Crippen molar-refractivity contribution in [2.24, 2.45) is 5.41 Å². The number of hydrogen-bond donors (Lipinski definition) is 2. The number of aromatic nitrogens is 1. The van der Waals surface area contributed by atoms with Crippen LogP contribution < -0.4 is 11.1 Å². The molecule has 0 unspecified atom stereocenters. The molecule has 0 aliphatic heterocycles. The maximum absolute atomic E-state index is 5.77. The Labute approximate surface area is 85.7 Å². The molecule has 1 aromatic rings. The number of rotatable bonds is 3. The van der Waals surface area contributed by atoms with Crippen LogP contribution in [0.25, 0.3) is 0 Å². The number of nitrogens with two attached hydrogens (primary N) is 1. The fourth-order valence-corrected chi connectivity index (χ4v) is 1.15. The van der Waals surface area contributed by atoms with E-state index in [2.05, 4.69) is 31.1 Å². The molecular formula is C11H19N3. The van der Waals surface area contributed by atoms with Crippen LogP contribution in [-0.2, 0) is 6.54 Å². The maximum Gasteiger partial charge on any atom is 0.0770 e. The molecule has 3 heteroatoms. The van der Waals surface area contributed by atoms with E-state index in [1.54, 1.807) is 6.20 Å². The molecule has 0 saturated carbocycles. The molecule has 0 aromatic carbocycles. The van der Waals surface area contributed by atoms with Gasteiger partial charge in [-0.3, -0.25) is 4.98 Å². The van der Waals surface area contributed by atoms with Crippen molar-refractivity contribution < 1.29 is 0 Å². The minimum atomic E-state index is 0.295. The summed E-state index contributed by atoms with van der Waals surface area (Å²) in [7, 11) is 0. The summed E-state index contributed by atoms with van der Waals surface area (Å²) in [5.41, 5.74) is 7.75. The van der Waals surface area contributed by atoms with Gasteiger partial charge in [0.25, 0.3) is 0 Å². The highest BCUT2D eigenvalue weighted by Crippen LogP contribution is 2.11. The van der Waals surface area contributed by atoms with Crippen LogP contribution in [0.5, 0.6) is 0 Å². The average Bonchev–Trinajstić information content (AvgIpc) is 2.06. The Kier molecular flexibility index (Phi) is 3.47. The van der Waals surface area contributed by atoms with E-state index in [-0.39, 0.29) is 0 Å². The van der Waals surface area contributed by atoms with E-state index in [1.807, 2.05) is 12.1 Å². The highest BCUT2D eigenvalue weighted by atomic mass is 14.9. The first-order valence-corrected chi connectivity index (χ1v) is 4.89. The molecule has 0 amide bonds. The lowest BCUT2D eigenvalue weighted by Crippen LogP contribution is -2.27. The predicted molar refractivity (Wildman–Crippen MR) is 59.8 cm³/mol. The van der Waals surface area contributed by atoms with Gasteiger partial charge in [-0.15, -0.1) is 0 Å². The summed E-state index contributed by atoms with van der Waals surface area (Å²) in [6.07, 6.45) is 1.77. The molecule has 1 aromatic heterocycles. The van der Waals surface area contributed by atoms with Crippen molar-refractivity contribution in [1.82, 2.24) is 10.3 Å². The largest absolute Gasteiger partial charge is 0.397 e. The fraction of sp³-hybridized carbons (Fsp3) is 0.545. The molecule has 0 atom stereocenters. The molecule has 14 heavy (non-hydrogen) atoms. The Morgan fingerprint density at radius 1 is 1.43 bits per heavy atom. The molecule has 0 bridgehead atoms. The molecular weight excluding hydrogens is 174 g/mol. The van der Waals surface area contributed by atoms with Gasteiger partial charge in [0.15, 0.2) is 0 Å². The predicted octanol–water partition coefficient (Wildman–Crippen LogP) is 1.80. The molecule has 0 aliphatic rings. The van der Waals surface area contributed by atoms with Gasteiger partial charge < -0.3 is 11.1 Å². The van der Waals surface area contributed by atoms with Crippen LogP contribution in [0.2, 0.25) is 0 Å². The monoisotopic (exact) mass is 193 g/mol. The second-order valence-electron chi connectivity index (χ2n) is 4.70. The lowest BCUT2D eigenvalue weighted by Gasteiger charge is -2.18. The number of anilines is 1. The Morgan fingerprint density at radius 2 is 2.14 bits per heavy atom. The zero-order valence-corrected chi connectivity index (χ0v) is 9.17. The summed E-state index contributed by atoms with van der Waals surface area (Å²) < 4.78 is 0. The van der Waals surface area contributed by atoms with E-state index < -0.39 is 0 Å². The van der Waals surface area contributed by atoms with Crippen molar-refractivity contribution in [3.63, 3.8) is 0 Å². The topological polar surface area (TPSA) is 50.9 Å². The Balaban J connectivity index is 2.43. The van der Waals surface area contributed by atoms with Crippen LogP contribution in [0.1, 0.15) is 26.5 Å². The third-order valence-electron chi connectivity index (χ3n) is 1.87. The van der Waals surface area contributed by atoms with Gasteiger partial charge >= 0.3 is 0 Å². The van der Waals surface area contributed by atoms with Crippen LogP contribution >= 0.6 is 0 Å². The van der Waals surface area contributed by atoms with Gasteiger partial charge in [0.2, 0.25) is 0 Å². The molecule has 1 heterocycles. The summed E-state index contributed by atoms with van der Waals surface area (Å²) in [6, 6.07) is 3.73. The molecule has 3 N–H and O–H groups in total. The molecule has 0 fully saturated rings. The third-order valence-corrected chi connectivity index (χ3v) is 1.87. The second-order valence-corrected chi connectivity index (χ2v) is 4.70. The third kappa shape index (κ3) is 3.75. The van der Waals surface area contributed by atoms with E-state index in [1.165, 1.54) is 0 Å². The zero-order valence-electron chi connectivity index (χ0n) is 9.17. The molecule has 0 aliphatic carbocycles. The Morgan fingerprint density at radius 3 is 2.71 bits per heavy atom. The molecule has 78 valence electrons. The van der Waals surface area contributed by atoms with Crippen LogP contribution in [0.15, 0.2) is 18.3 Å². The summed E-state index contributed by atoms with van der Waals surface area (Å²) in [5.74, 6) is 0. The van der Waals surface area contributed by atoms with Gasteiger partial charge in [-0.1, -0.05) is 20.8 Å². The van der Waals surface area contributed by atoms with Crippen molar-refractivity contribution in [1.29, 1.82) is 0 Å². The summed E-state index contributed by atoms with van der Waals surface area (Å²) in [6.45, 7) is 8.29. The second kappa shape index (κ2) is 4.42. The maximum atomic E-state index is 5.77. The standard InChI is InChI=1S/C11H19N3/c1-11(2,3)8-13-7-10-9(12)5-4-6-14-10/h4-6,13H,7-8,12H2,1-3H3. The van der Waals surface area contributed by atoms with E-state index >= 15 is 0 Å². The fourth-order valence-electron chi connectivity index (χ4n) is 1.15. The van der Waals surface area contributed by atoms with Crippen LogP contribution in [0.3, 0.4) is 0 Å². The molecule has 0 saturated heterocycles. The Hall–Kier alpha value is -1.09. The SMILES string of the molecule is CC(C)(C)CNCc1ncccc1N. The lowest BCUT2D eigenvalue weighted by molar-refractivity contribution is 0.378. The van der Waals surface area contributed by atoms with Crippen LogP contribution in [-0.4, -0.2) is 11.5 Å². The Bertz CT molecular complexity index is 289. The molecule has 3 nitrogen and oxygen atoms in total. The number of pyridine rings is 1. The highest BCUT2D eigenvalue weighted by Gasteiger charge is 2.09. The van der Waals surface area contributed by atoms with Crippen molar-refractivity contribution in [2.75, 3.05) is 12.3 Å². The minimum Gasteiger partial charge on any atom is -0.397 e. The van der Waals surface area contributed by atoms with Crippen molar-refractivity contribution in [3.8, 4) is 0 Å². The zero-order chi connectivity index (χ0) is 10.6. The summed E-state index contributed by atoms with van der Waals surface area (Å²) >= 11 is 0. The first-order chi connectivity index (χ1) is 6.49. The van der Waals surface area contributed by atoms with Crippen molar-refractivity contribution in [2.45, 2.75) is 27.3 Å². The van der Waals surface area contributed by atoms with Crippen LogP contribution in [0.4, 0.5) is 5.69 Å². The van der Waals surface area contributed by atoms with Gasteiger partial charge in [0.1, 0.15) is 0 Å². The highest BCUT2D eigenvalue weighted by molar-refractivity contribution is 5.41. The number of nitrogens with zero attached hydrogens (tertiary/aromatic N) is 1. The van der Waals surface area contributed by atoms with E-state index in [9.17, 15) is 0 Å². The number of hydrogen-bond acceptors (Lipinski definition) is 3. The van der Waals surface area contributed by atoms with Gasteiger partial charge in [0, 0.05) is 19.3 Å². The summed E-state index contributed by atoms with van der Waals surface area (Å²) in [4.78, 5) is 4.21. The lowest BCUT2D eigenvalue weighted by atomic mass is 9.97. The normalized spacial score (nSPS) is 11.6. The van der Waals surface area contributed by atoms with Gasteiger partial charge in [-0.05, 0) is 17.5 Å². The minimum absolute atomic E-state index is 0.295. The first-order valence-electron chi connectivity index (χ1n) is 4.89. The van der Waals surface area contributed by atoms with Crippen LogP contribution in [0, 0.1) is 5.41 Å². The number of nitrogens with one attached hydrogen (secondary N) is 1. The van der Waals surface area contributed by atoms with Crippen molar-refractivity contribution in [3.05, 3.63) is 24.0 Å². The number of nitrogen functional groups attached to an aromatic ring is 1. The van der Waals surface area contributed by atoms with Gasteiger partial charge in [0.05, 0.1) is 11.4 Å². The van der Waals surface area contributed by atoms with Crippen molar-refractivity contribution >= 4 is 5.69 Å². The summed E-state index contributed by atoms with van der Waals surface area (Å²) in [5, 5.41) is 3.34. The quantitative estimate of drug-likeness (QED) is 0.769. The molecule has 0 spiro atoms. The average molecular weight is 193 g/mol. The van der Waals surface area contributed by atoms with E-state index in [4.69, 9.17) is 5.73 Å². The van der Waals surface area contributed by atoms with E-state index in [0.717, 1.165) is 24.5 Å². The van der Waals surface area contributed by atoms with E-state index in [0.29, 0.717) is 5.41 Å². The molecule has 1 rings (SSSR count). The first kappa shape index (κ1) is 11.0. The van der Waals surface area contributed by atoms with Gasteiger partial charge in [-0.2, -0.15) is 0 Å².